The van der Waals surface area contributed by atoms with Crippen molar-refractivity contribution in [3.63, 3.8) is 0 Å². The Morgan fingerprint density at radius 1 is 1.20 bits per heavy atom. The van der Waals surface area contributed by atoms with Gasteiger partial charge in [-0.25, -0.2) is 0 Å². The van der Waals surface area contributed by atoms with E-state index in [1.165, 1.54) is 22.2 Å². The van der Waals surface area contributed by atoms with Gasteiger partial charge in [-0.1, -0.05) is 51.7 Å². The molecule has 1 amide bonds. The van der Waals surface area contributed by atoms with E-state index in [0.29, 0.717) is 24.2 Å². The van der Waals surface area contributed by atoms with E-state index in [2.05, 4.69) is 5.10 Å². The minimum atomic E-state index is -3.45. The predicted molar refractivity (Wildman–Crippen MR) is 114 cm³/mol. The minimum absolute atomic E-state index is 0.0301. The lowest BCUT2D eigenvalue weighted by Crippen LogP contribution is -2.40. The molecule has 0 radical (unpaired) electrons. The largest absolute Gasteiger partial charge is 0.374 e. The number of halogens is 2. The summed E-state index contributed by atoms with van der Waals surface area (Å²) in [5.74, 6) is -0.0301. The van der Waals surface area contributed by atoms with E-state index >= 15 is 0 Å². The highest BCUT2D eigenvalue weighted by Gasteiger charge is 2.57. The van der Waals surface area contributed by atoms with Gasteiger partial charge >= 0.3 is 0 Å². The number of amides is 1. The third-order valence-electron chi connectivity index (χ3n) is 5.67. The van der Waals surface area contributed by atoms with Gasteiger partial charge < -0.3 is 10.0 Å². The Balaban J connectivity index is 1.80. The van der Waals surface area contributed by atoms with Crippen LogP contribution in [0, 0.1) is 0 Å². The van der Waals surface area contributed by atoms with Gasteiger partial charge in [-0.3, -0.25) is 9.48 Å². The first kappa shape index (κ1) is 20.6. The maximum atomic E-state index is 14.6. The van der Waals surface area contributed by atoms with Crippen molar-refractivity contribution in [2.45, 2.75) is 24.7 Å². The zero-order valence-electron chi connectivity index (χ0n) is 16.6. The molecule has 0 saturated heterocycles. The van der Waals surface area contributed by atoms with E-state index in [1.54, 1.807) is 53.2 Å². The fraction of sp³-hybridized carbons (Fsp3) is 0.273. The molecular formula is C22H22F2N3O2P. The summed E-state index contributed by atoms with van der Waals surface area (Å²) < 4.78 is 30.9. The maximum Gasteiger partial charge on any atom is 0.295 e. The van der Waals surface area contributed by atoms with Crippen LogP contribution in [0.15, 0.2) is 54.9 Å². The standard InChI is InChI=1S/C22H22F2N3O2P/c1-14(28)26(2)10-11-27-13-15(12-25-27)16-7-5-9-19-20(16)17-6-3-4-8-18(17)21(19,29)22(23,24)30/h3-9,12-13,29H,10-11,30H2,1-2H3. The molecule has 2 atom stereocenters. The Kier molecular flexibility index (Phi) is 4.99. The van der Waals surface area contributed by atoms with Gasteiger partial charge in [0.1, 0.15) is 0 Å². The Hall–Kier alpha value is -2.63. The highest BCUT2D eigenvalue weighted by molar-refractivity contribution is 7.18. The highest BCUT2D eigenvalue weighted by Crippen LogP contribution is 2.58. The molecule has 4 rings (SSSR count). The van der Waals surface area contributed by atoms with Crippen molar-refractivity contribution < 1.29 is 18.7 Å². The summed E-state index contributed by atoms with van der Waals surface area (Å²) in [5.41, 5.74) is -2.89. The van der Waals surface area contributed by atoms with E-state index in [0.717, 1.165) is 11.1 Å². The maximum absolute atomic E-state index is 14.6. The number of carbonyl (C=O) groups is 1. The number of likely N-dealkylation sites (N-methyl/N-ethyl adjacent to an activating group) is 1. The quantitative estimate of drug-likeness (QED) is 0.629. The van der Waals surface area contributed by atoms with Gasteiger partial charge in [0.05, 0.1) is 12.7 Å². The van der Waals surface area contributed by atoms with Crippen LogP contribution in [0.3, 0.4) is 0 Å². The molecule has 156 valence electrons. The zero-order chi connectivity index (χ0) is 21.7. The molecule has 3 aromatic rings. The van der Waals surface area contributed by atoms with E-state index in [9.17, 15) is 18.7 Å². The van der Waals surface area contributed by atoms with E-state index in [-0.39, 0.29) is 17.0 Å². The highest BCUT2D eigenvalue weighted by atomic mass is 31.0. The summed E-state index contributed by atoms with van der Waals surface area (Å²) in [4.78, 5) is 13.0. The molecule has 0 spiro atoms. The van der Waals surface area contributed by atoms with Gasteiger partial charge in [-0.05, 0) is 16.7 Å². The number of aromatic nitrogens is 2. The van der Waals surface area contributed by atoms with Crippen LogP contribution in [0.25, 0.3) is 22.3 Å². The first-order valence-electron chi connectivity index (χ1n) is 9.51. The molecule has 5 nitrogen and oxygen atoms in total. The molecule has 0 aliphatic heterocycles. The van der Waals surface area contributed by atoms with E-state index in [1.807, 2.05) is 12.3 Å². The molecule has 30 heavy (non-hydrogen) atoms. The number of nitrogens with zero attached hydrogens (tertiary/aromatic N) is 3. The molecule has 1 N–H and O–H groups in total. The van der Waals surface area contributed by atoms with Crippen LogP contribution in [0.5, 0.6) is 0 Å². The van der Waals surface area contributed by atoms with Gasteiger partial charge in [-0.2, -0.15) is 13.9 Å². The first-order chi connectivity index (χ1) is 14.1. The van der Waals surface area contributed by atoms with Crippen molar-refractivity contribution in [3.05, 3.63) is 66.0 Å². The van der Waals surface area contributed by atoms with Crippen molar-refractivity contribution in [1.29, 1.82) is 0 Å². The number of aliphatic hydroxyl groups is 1. The summed E-state index contributed by atoms with van der Waals surface area (Å²) in [6.45, 7) is 2.52. The van der Waals surface area contributed by atoms with Crippen LogP contribution in [-0.4, -0.2) is 45.0 Å². The Bertz CT molecular complexity index is 1130. The molecule has 1 aliphatic rings. The van der Waals surface area contributed by atoms with E-state index in [4.69, 9.17) is 0 Å². The van der Waals surface area contributed by atoms with Crippen LogP contribution >= 0.6 is 9.24 Å². The monoisotopic (exact) mass is 429 g/mol. The number of fused-ring (bicyclic) bond motifs is 3. The number of alkyl halides is 2. The summed E-state index contributed by atoms with van der Waals surface area (Å²) in [5, 5.41) is 15.5. The van der Waals surface area contributed by atoms with Gasteiger partial charge in [0.15, 0.2) is 5.60 Å². The van der Waals surface area contributed by atoms with Crippen molar-refractivity contribution in [1.82, 2.24) is 14.7 Å². The van der Waals surface area contributed by atoms with Gasteiger partial charge in [0.25, 0.3) is 5.66 Å². The topological polar surface area (TPSA) is 58.4 Å². The second-order valence-corrected chi connectivity index (χ2v) is 8.26. The SMILES string of the molecule is CC(=O)N(C)CCn1cc(-c2cccc3c2-c2ccccc2C3(O)C(F)(F)P)cn1. The van der Waals surface area contributed by atoms with Crippen LogP contribution in [-0.2, 0) is 16.9 Å². The van der Waals surface area contributed by atoms with Crippen molar-refractivity contribution >= 4 is 15.1 Å². The lowest BCUT2D eigenvalue weighted by Gasteiger charge is -2.31. The van der Waals surface area contributed by atoms with Crippen molar-refractivity contribution in [2.75, 3.05) is 13.6 Å². The van der Waals surface area contributed by atoms with Crippen molar-refractivity contribution in [2.24, 2.45) is 0 Å². The molecule has 0 saturated carbocycles. The molecule has 8 heteroatoms. The molecule has 0 bridgehead atoms. The van der Waals surface area contributed by atoms with Crippen LogP contribution in [0.1, 0.15) is 18.1 Å². The Labute approximate surface area is 175 Å². The smallest absolute Gasteiger partial charge is 0.295 e. The summed E-state index contributed by atoms with van der Waals surface area (Å²) in [6, 6.07) is 11.8. The Morgan fingerprint density at radius 3 is 2.57 bits per heavy atom. The normalized spacial score (nSPS) is 17.5. The number of carbonyl (C=O) groups excluding carboxylic acids is 1. The molecule has 0 fully saturated rings. The summed E-state index contributed by atoms with van der Waals surface area (Å²) in [7, 11) is 3.20. The number of hydrogen-bond donors (Lipinski definition) is 1. The third-order valence-corrected chi connectivity index (χ3v) is 6.09. The fourth-order valence-corrected chi connectivity index (χ4v) is 4.25. The van der Waals surface area contributed by atoms with Crippen molar-refractivity contribution in [3.8, 4) is 22.3 Å². The first-order valence-corrected chi connectivity index (χ1v) is 10.1. The lowest BCUT2D eigenvalue weighted by atomic mass is 9.90. The summed E-state index contributed by atoms with van der Waals surface area (Å²) >= 11 is 0. The fourth-order valence-electron chi connectivity index (χ4n) is 3.94. The second-order valence-electron chi connectivity index (χ2n) is 7.54. The van der Waals surface area contributed by atoms with Gasteiger partial charge in [0.2, 0.25) is 5.91 Å². The zero-order valence-corrected chi connectivity index (χ0v) is 17.8. The molecular weight excluding hydrogens is 407 g/mol. The molecule has 1 aromatic heterocycles. The van der Waals surface area contributed by atoms with Crippen LogP contribution < -0.4 is 0 Å². The third kappa shape index (κ3) is 3.13. The average Bonchev–Trinajstić information content (AvgIpc) is 3.28. The molecule has 2 aromatic carbocycles. The number of hydrogen-bond acceptors (Lipinski definition) is 3. The predicted octanol–water partition coefficient (Wildman–Crippen LogP) is 3.71. The van der Waals surface area contributed by atoms with Gasteiger partial charge in [-0.15, -0.1) is 0 Å². The lowest BCUT2D eigenvalue weighted by molar-refractivity contribution is -0.127. The minimum Gasteiger partial charge on any atom is -0.374 e. The number of rotatable bonds is 5. The van der Waals surface area contributed by atoms with E-state index < -0.39 is 11.3 Å². The van der Waals surface area contributed by atoms with Crippen LogP contribution in [0.4, 0.5) is 8.78 Å². The average molecular weight is 429 g/mol. The molecule has 2 unspecified atom stereocenters. The molecule has 1 aliphatic carbocycles. The van der Waals surface area contributed by atoms with Gasteiger partial charge in [0, 0.05) is 43.4 Å². The number of benzene rings is 2. The van der Waals surface area contributed by atoms with Crippen LogP contribution in [0.2, 0.25) is 0 Å². The second kappa shape index (κ2) is 7.25. The summed E-state index contributed by atoms with van der Waals surface area (Å²) in [6.07, 6.45) is 3.49. The Morgan fingerprint density at radius 2 is 1.87 bits per heavy atom. The molecule has 1 heterocycles.